The quantitative estimate of drug-likeness (QED) is 0.781. The molecule has 0 spiro atoms. The molecule has 1 saturated heterocycles. The summed E-state index contributed by atoms with van der Waals surface area (Å²) in [4.78, 5) is 4.85. The Labute approximate surface area is 118 Å². The third-order valence-corrected chi connectivity index (χ3v) is 4.36. The average molecular weight is 282 g/mol. The van der Waals surface area contributed by atoms with Crippen molar-refractivity contribution >= 4 is 11.5 Å². The summed E-state index contributed by atoms with van der Waals surface area (Å²) in [6, 6.07) is 0. The summed E-state index contributed by atoms with van der Waals surface area (Å²) >= 11 is 1.44. The van der Waals surface area contributed by atoms with Crippen molar-refractivity contribution in [3.63, 3.8) is 0 Å². The maximum atomic E-state index is 5.88. The Balaban J connectivity index is 1.55. The summed E-state index contributed by atoms with van der Waals surface area (Å²) in [5.74, 6) is 0.896. The van der Waals surface area contributed by atoms with Crippen LogP contribution in [0.3, 0.4) is 0 Å². The van der Waals surface area contributed by atoms with Crippen molar-refractivity contribution in [3.05, 3.63) is 11.1 Å². The molecule has 0 aromatic carbocycles. The molecule has 0 N–H and O–H groups in total. The normalized spacial score (nSPS) is 25.1. The maximum absolute atomic E-state index is 5.88. The van der Waals surface area contributed by atoms with Crippen LogP contribution >= 0.6 is 11.5 Å². The number of morpholine rings is 1. The number of likely N-dealkylation sites (N-methyl/N-ethyl adjacent to an activating group) is 1. The molecule has 1 aliphatic carbocycles. The number of ether oxygens (including phenoxy) is 1. The molecule has 0 bridgehead atoms. The van der Waals surface area contributed by atoms with E-state index >= 15 is 0 Å². The van der Waals surface area contributed by atoms with Crippen molar-refractivity contribution in [3.8, 4) is 0 Å². The minimum Gasteiger partial charge on any atom is -0.374 e. The minimum absolute atomic E-state index is 0.337. The summed E-state index contributed by atoms with van der Waals surface area (Å²) in [5, 5.41) is 6.22. The van der Waals surface area contributed by atoms with Crippen molar-refractivity contribution < 1.29 is 4.74 Å². The monoisotopic (exact) mass is 282 g/mol. The lowest BCUT2D eigenvalue weighted by Crippen LogP contribution is -2.46. The molecular formula is C13H22N4OS. The van der Waals surface area contributed by atoms with Crippen LogP contribution in [-0.2, 0) is 11.3 Å². The van der Waals surface area contributed by atoms with Crippen LogP contribution < -0.4 is 0 Å². The number of rotatable bonds is 6. The molecule has 0 amide bonds. The molecule has 5 nitrogen and oxygen atoms in total. The Bertz CT molecular complexity index is 382. The van der Waals surface area contributed by atoms with Gasteiger partial charge in [-0.2, -0.15) is 0 Å². The van der Waals surface area contributed by atoms with Gasteiger partial charge in [-0.3, -0.25) is 4.90 Å². The molecule has 6 heteroatoms. The third-order valence-electron chi connectivity index (χ3n) is 3.81. The molecule has 2 aliphatic rings. The molecule has 1 aliphatic heterocycles. The first-order valence-corrected chi connectivity index (χ1v) is 7.91. The standard InChI is InChI=1S/C13H22N4OS/c1-16-4-5-18-13(8-16)9-17(6-11-2-3-11)7-12-10-19-15-14-12/h10-11,13H,2-9H2,1H3/t13-/m0/s1. The van der Waals surface area contributed by atoms with Gasteiger partial charge in [-0.15, -0.1) is 5.10 Å². The molecule has 1 atom stereocenters. The molecule has 19 heavy (non-hydrogen) atoms. The van der Waals surface area contributed by atoms with E-state index in [1.54, 1.807) is 0 Å². The fourth-order valence-electron chi connectivity index (χ4n) is 2.62. The Morgan fingerprint density at radius 2 is 2.37 bits per heavy atom. The molecule has 0 radical (unpaired) electrons. The van der Waals surface area contributed by atoms with E-state index in [0.717, 1.165) is 44.4 Å². The maximum Gasteiger partial charge on any atom is 0.0895 e. The van der Waals surface area contributed by atoms with Crippen LogP contribution in [0.15, 0.2) is 5.38 Å². The van der Waals surface area contributed by atoms with Crippen LogP contribution in [0.4, 0.5) is 0 Å². The Morgan fingerprint density at radius 1 is 1.47 bits per heavy atom. The van der Waals surface area contributed by atoms with E-state index in [9.17, 15) is 0 Å². The zero-order valence-electron chi connectivity index (χ0n) is 11.5. The van der Waals surface area contributed by atoms with Crippen molar-refractivity contribution in [1.82, 2.24) is 19.4 Å². The molecule has 106 valence electrons. The summed E-state index contributed by atoms with van der Waals surface area (Å²) in [6.07, 6.45) is 3.11. The van der Waals surface area contributed by atoms with Crippen LogP contribution in [-0.4, -0.2) is 65.3 Å². The third kappa shape index (κ3) is 4.21. The smallest absolute Gasteiger partial charge is 0.0895 e. The lowest BCUT2D eigenvalue weighted by molar-refractivity contribution is -0.0374. The lowest BCUT2D eigenvalue weighted by Gasteiger charge is -2.33. The topological polar surface area (TPSA) is 41.5 Å². The van der Waals surface area contributed by atoms with Gasteiger partial charge >= 0.3 is 0 Å². The van der Waals surface area contributed by atoms with Gasteiger partial charge in [0.15, 0.2) is 0 Å². The van der Waals surface area contributed by atoms with Gasteiger partial charge in [0, 0.05) is 38.1 Å². The fourth-order valence-corrected chi connectivity index (χ4v) is 3.06. The van der Waals surface area contributed by atoms with E-state index in [1.807, 2.05) is 5.38 Å². The molecule has 1 saturated carbocycles. The second kappa shape index (κ2) is 6.26. The van der Waals surface area contributed by atoms with Gasteiger partial charge < -0.3 is 9.64 Å². The summed E-state index contributed by atoms with van der Waals surface area (Å²) in [7, 11) is 2.17. The van der Waals surface area contributed by atoms with Crippen molar-refractivity contribution in [2.24, 2.45) is 5.92 Å². The van der Waals surface area contributed by atoms with Gasteiger partial charge in [0.1, 0.15) is 0 Å². The van der Waals surface area contributed by atoms with Crippen LogP contribution in [0.25, 0.3) is 0 Å². The highest BCUT2D eigenvalue weighted by atomic mass is 32.1. The number of hydrogen-bond acceptors (Lipinski definition) is 6. The second-order valence-corrected chi connectivity index (χ2v) is 6.40. The van der Waals surface area contributed by atoms with Gasteiger partial charge in [-0.1, -0.05) is 4.49 Å². The van der Waals surface area contributed by atoms with E-state index in [4.69, 9.17) is 4.74 Å². The van der Waals surface area contributed by atoms with Crippen molar-refractivity contribution in [2.45, 2.75) is 25.5 Å². The zero-order chi connectivity index (χ0) is 13.1. The zero-order valence-corrected chi connectivity index (χ0v) is 12.3. The van der Waals surface area contributed by atoms with Gasteiger partial charge in [0.25, 0.3) is 0 Å². The Morgan fingerprint density at radius 3 is 3.05 bits per heavy atom. The first-order valence-electron chi connectivity index (χ1n) is 7.08. The predicted octanol–water partition coefficient (Wildman–Crippen LogP) is 1.08. The highest BCUT2D eigenvalue weighted by Crippen LogP contribution is 2.30. The van der Waals surface area contributed by atoms with Gasteiger partial charge in [-0.05, 0) is 37.3 Å². The van der Waals surface area contributed by atoms with E-state index in [0.29, 0.717) is 6.10 Å². The van der Waals surface area contributed by atoms with Gasteiger partial charge in [0.2, 0.25) is 0 Å². The highest BCUT2D eigenvalue weighted by Gasteiger charge is 2.27. The minimum atomic E-state index is 0.337. The molecule has 1 aromatic rings. The van der Waals surface area contributed by atoms with E-state index < -0.39 is 0 Å². The average Bonchev–Trinajstić information content (AvgIpc) is 3.03. The molecular weight excluding hydrogens is 260 g/mol. The van der Waals surface area contributed by atoms with E-state index in [1.165, 1.54) is 30.9 Å². The Hall–Kier alpha value is -0.560. The van der Waals surface area contributed by atoms with Crippen molar-refractivity contribution in [2.75, 3.05) is 39.8 Å². The molecule has 2 fully saturated rings. The highest BCUT2D eigenvalue weighted by molar-refractivity contribution is 7.03. The number of aromatic nitrogens is 2. The summed E-state index contributed by atoms with van der Waals surface area (Å²) in [5.41, 5.74) is 1.09. The van der Waals surface area contributed by atoms with Crippen LogP contribution in [0, 0.1) is 5.92 Å². The fraction of sp³-hybridized carbons (Fsp3) is 0.846. The van der Waals surface area contributed by atoms with Crippen LogP contribution in [0.5, 0.6) is 0 Å². The first-order chi connectivity index (χ1) is 9.29. The van der Waals surface area contributed by atoms with Crippen LogP contribution in [0.2, 0.25) is 0 Å². The lowest BCUT2D eigenvalue weighted by atomic mass is 10.2. The molecule has 1 aromatic heterocycles. The van der Waals surface area contributed by atoms with Crippen LogP contribution in [0.1, 0.15) is 18.5 Å². The van der Waals surface area contributed by atoms with Gasteiger partial charge in [-0.25, -0.2) is 0 Å². The van der Waals surface area contributed by atoms with Crippen molar-refractivity contribution in [1.29, 1.82) is 0 Å². The molecule has 0 unspecified atom stereocenters. The summed E-state index contributed by atoms with van der Waals surface area (Å²) < 4.78 is 9.84. The summed E-state index contributed by atoms with van der Waals surface area (Å²) in [6.45, 7) is 6.05. The Kier molecular flexibility index (Phi) is 4.42. The number of nitrogens with zero attached hydrogens (tertiary/aromatic N) is 4. The number of hydrogen-bond donors (Lipinski definition) is 0. The largest absolute Gasteiger partial charge is 0.374 e. The first kappa shape index (κ1) is 13.4. The van der Waals surface area contributed by atoms with E-state index in [-0.39, 0.29) is 0 Å². The predicted molar refractivity (Wildman–Crippen MR) is 75.1 cm³/mol. The SMILES string of the molecule is CN1CCO[C@H](CN(Cc2csnn2)CC2CC2)C1. The second-order valence-electron chi connectivity index (χ2n) is 5.79. The van der Waals surface area contributed by atoms with Gasteiger partial charge in [0.05, 0.1) is 18.4 Å². The molecule has 2 heterocycles. The molecule has 3 rings (SSSR count). The van der Waals surface area contributed by atoms with E-state index in [2.05, 4.69) is 26.4 Å².